The molecule has 0 amide bonds. The molecule has 72 valence electrons. The number of rotatable bonds is 0. The van der Waals surface area contributed by atoms with Crippen LogP contribution in [-0.2, 0) is 0 Å². The van der Waals surface area contributed by atoms with E-state index in [1.54, 1.807) is 0 Å². The molecule has 12 heavy (non-hydrogen) atoms. The third kappa shape index (κ3) is 1.74. The van der Waals surface area contributed by atoms with E-state index < -0.39 is 12.2 Å². The quantitative estimate of drug-likeness (QED) is 0.498. The standard InChI is InChI=1S/C8H15NO2.ClH/c10-7-1-5-3-9-4-6(5)2-8(7)11;/h5-11H,1-4H2;1H/t5-,6+,7-,8-;/m1./s1. The number of nitrogens with one attached hydrogen (secondary N) is 1. The van der Waals surface area contributed by atoms with Gasteiger partial charge in [-0.05, 0) is 37.8 Å². The van der Waals surface area contributed by atoms with Gasteiger partial charge >= 0.3 is 0 Å². The van der Waals surface area contributed by atoms with Crippen molar-refractivity contribution in [2.24, 2.45) is 11.8 Å². The molecule has 1 aliphatic heterocycles. The Bertz CT molecular complexity index is 140. The van der Waals surface area contributed by atoms with Crippen molar-refractivity contribution in [2.75, 3.05) is 13.1 Å². The zero-order chi connectivity index (χ0) is 7.84. The zero-order valence-electron chi connectivity index (χ0n) is 6.94. The highest BCUT2D eigenvalue weighted by Gasteiger charge is 2.37. The van der Waals surface area contributed by atoms with Crippen molar-refractivity contribution in [1.29, 1.82) is 0 Å². The fourth-order valence-corrected chi connectivity index (χ4v) is 2.27. The molecule has 4 atom stereocenters. The van der Waals surface area contributed by atoms with Gasteiger partial charge in [-0.1, -0.05) is 0 Å². The first-order valence-electron chi connectivity index (χ1n) is 4.34. The van der Waals surface area contributed by atoms with Gasteiger partial charge in [0, 0.05) is 0 Å². The lowest BCUT2D eigenvalue weighted by molar-refractivity contribution is -0.0372. The van der Waals surface area contributed by atoms with Gasteiger partial charge < -0.3 is 15.5 Å². The number of hydrogen-bond acceptors (Lipinski definition) is 3. The van der Waals surface area contributed by atoms with Crippen LogP contribution in [0.4, 0.5) is 0 Å². The van der Waals surface area contributed by atoms with Gasteiger partial charge in [0.15, 0.2) is 0 Å². The number of fused-ring (bicyclic) bond motifs is 1. The second kappa shape index (κ2) is 3.92. The topological polar surface area (TPSA) is 52.5 Å². The average molecular weight is 194 g/mol. The summed E-state index contributed by atoms with van der Waals surface area (Å²) < 4.78 is 0. The summed E-state index contributed by atoms with van der Waals surface area (Å²) in [6.07, 6.45) is 0.602. The van der Waals surface area contributed by atoms with Crippen LogP contribution in [0.15, 0.2) is 0 Å². The van der Waals surface area contributed by atoms with Crippen LogP contribution < -0.4 is 5.32 Å². The predicted molar refractivity (Wildman–Crippen MR) is 48.3 cm³/mol. The van der Waals surface area contributed by atoms with Crippen LogP contribution >= 0.6 is 12.4 Å². The van der Waals surface area contributed by atoms with Crippen molar-refractivity contribution < 1.29 is 10.2 Å². The van der Waals surface area contributed by atoms with Gasteiger partial charge in [0.05, 0.1) is 12.2 Å². The molecular weight excluding hydrogens is 178 g/mol. The minimum atomic E-state index is -0.476. The first kappa shape index (κ1) is 10.3. The Morgan fingerprint density at radius 3 is 1.75 bits per heavy atom. The summed E-state index contributed by atoms with van der Waals surface area (Å²) in [6, 6.07) is 0. The lowest BCUT2D eigenvalue weighted by Gasteiger charge is -2.32. The molecule has 0 spiro atoms. The Kier molecular flexibility index (Phi) is 3.35. The van der Waals surface area contributed by atoms with Crippen molar-refractivity contribution in [2.45, 2.75) is 25.0 Å². The minimum absolute atomic E-state index is 0. The molecule has 0 unspecified atom stereocenters. The van der Waals surface area contributed by atoms with Crippen LogP contribution in [0, 0.1) is 11.8 Å². The molecule has 1 aliphatic carbocycles. The van der Waals surface area contributed by atoms with E-state index in [1.807, 2.05) is 0 Å². The zero-order valence-corrected chi connectivity index (χ0v) is 7.76. The van der Waals surface area contributed by atoms with E-state index >= 15 is 0 Å². The number of halogens is 1. The van der Waals surface area contributed by atoms with E-state index in [4.69, 9.17) is 0 Å². The Morgan fingerprint density at radius 2 is 1.33 bits per heavy atom. The van der Waals surface area contributed by atoms with E-state index in [9.17, 15) is 10.2 Å². The molecule has 2 aliphatic rings. The highest BCUT2D eigenvalue weighted by molar-refractivity contribution is 5.85. The SMILES string of the molecule is Cl.O[C@@H]1C[C@H]2CNC[C@H]2C[C@H]1O. The maximum Gasteiger partial charge on any atom is 0.0802 e. The predicted octanol–water partition coefficient (Wildman–Crippen LogP) is -0.241. The van der Waals surface area contributed by atoms with Crippen LogP contribution in [0.3, 0.4) is 0 Å². The first-order valence-corrected chi connectivity index (χ1v) is 4.34. The lowest BCUT2D eigenvalue weighted by Crippen LogP contribution is -2.38. The number of aliphatic hydroxyl groups is 2. The molecule has 0 aromatic heterocycles. The maximum absolute atomic E-state index is 9.35. The second-order valence-corrected chi connectivity index (χ2v) is 3.78. The van der Waals surface area contributed by atoms with Gasteiger partial charge in [-0.15, -0.1) is 12.4 Å². The third-order valence-electron chi connectivity index (χ3n) is 3.01. The van der Waals surface area contributed by atoms with Crippen molar-refractivity contribution in [1.82, 2.24) is 5.32 Å². The second-order valence-electron chi connectivity index (χ2n) is 3.78. The summed E-state index contributed by atoms with van der Waals surface area (Å²) in [5.74, 6) is 1.21. The van der Waals surface area contributed by atoms with Crippen molar-refractivity contribution >= 4 is 12.4 Å². The lowest BCUT2D eigenvalue weighted by atomic mass is 9.79. The molecule has 0 aromatic carbocycles. The fraction of sp³-hybridized carbons (Fsp3) is 1.00. The van der Waals surface area contributed by atoms with Crippen molar-refractivity contribution in [3.63, 3.8) is 0 Å². The smallest absolute Gasteiger partial charge is 0.0802 e. The van der Waals surface area contributed by atoms with E-state index in [-0.39, 0.29) is 12.4 Å². The normalized spacial score (nSPS) is 46.5. The van der Waals surface area contributed by atoms with Gasteiger partial charge in [0.25, 0.3) is 0 Å². The third-order valence-corrected chi connectivity index (χ3v) is 3.01. The summed E-state index contributed by atoms with van der Waals surface area (Å²) in [6.45, 7) is 2.04. The average Bonchev–Trinajstić information content (AvgIpc) is 2.36. The molecule has 4 heteroatoms. The van der Waals surface area contributed by atoms with E-state index in [2.05, 4.69) is 5.32 Å². The largest absolute Gasteiger partial charge is 0.390 e. The van der Waals surface area contributed by atoms with Crippen LogP contribution in [0.5, 0.6) is 0 Å². The molecule has 2 fully saturated rings. The van der Waals surface area contributed by atoms with Gasteiger partial charge in [-0.25, -0.2) is 0 Å². The van der Waals surface area contributed by atoms with E-state index in [0.29, 0.717) is 11.8 Å². The highest BCUT2D eigenvalue weighted by atomic mass is 35.5. The molecule has 3 nitrogen and oxygen atoms in total. The summed E-state index contributed by atoms with van der Waals surface area (Å²) >= 11 is 0. The maximum atomic E-state index is 9.35. The van der Waals surface area contributed by atoms with Gasteiger partial charge in [0.2, 0.25) is 0 Å². The first-order chi connectivity index (χ1) is 5.27. The van der Waals surface area contributed by atoms with Crippen molar-refractivity contribution in [3.05, 3.63) is 0 Å². The monoisotopic (exact) mass is 193 g/mol. The molecule has 1 saturated heterocycles. The highest BCUT2D eigenvalue weighted by Crippen LogP contribution is 2.32. The molecular formula is C8H16ClNO2. The number of hydrogen-bond donors (Lipinski definition) is 3. The molecule has 0 radical (unpaired) electrons. The van der Waals surface area contributed by atoms with Crippen LogP contribution in [0.1, 0.15) is 12.8 Å². The summed E-state index contributed by atoms with van der Waals surface area (Å²) in [4.78, 5) is 0. The molecule has 1 heterocycles. The van der Waals surface area contributed by atoms with E-state index in [0.717, 1.165) is 25.9 Å². The summed E-state index contributed by atoms with van der Waals surface area (Å²) in [7, 11) is 0. The Labute approximate surface area is 78.6 Å². The molecule has 3 N–H and O–H groups in total. The van der Waals surface area contributed by atoms with Gasteiger partial charge in [-0.3, -0.25) is 0 Å². The Morgan fingerprint density at radius 1 is 0.917 bits per heavy atom. The summed E-state index contributed by atoms with van der Waals surface area (Å²) in [5, 5.41) is 22.0. The van der Waals surface area contributed by atoms with Gasteiger partial charge in [-0.2, -0.15) is 0 Å². The minimum Gasteiger partial charge on any atom is -0.390 e. The van der Waals surface area contributed by atoms with Crippen LogP contribution in [0.2, 0.25) is 0 Å². The van der Waals surface area contributed by atoms with Crippen LogP contribution in [0.25, 0.3) is 0 Å². The van der Waals surface area contributed by atoms with Crippen molar-refractivity contribution in [3.8, 4) is 0 Å². The Hall–Kier alpha value is 0.170. The fourth-order valence-electron chi connectivity index (χ4n) is 2.27. The number of aliphatic hydroxyl groups excluding tert-OH is 2. The summed E-state index contributed by atoms with van der Waals surface area (Å²) in [5.41, 5.74) is 0. The van der Waals surface area contributed by atoms with Crippen LogP contribution in [-0.4, -0.2) is 35.5 Å². The molecule has 0 aromatic rings. The van der Waals surface area contributed by atoms with E-state index in [1.165, 1.54) is 0 Å². The molecule has 2 rings (SSSR count). The molecule has 0 bridgehead atoms. The Balaban J connectivity index is 0.000000720. The van der Waals surface area contributed by atoms with Gasteiger partial charge in [0.1, 0.15) is 0 Å². The molecule has 1 saturated carbocycles.